The molecule has 2 fully saturated rings. The molecule has 3 rings (SSSR count). The summed E-state index contributed by atoms with van der Waals surface area (Å²) in [7, 11) is 0. The average Bonchev–Trinajstić information content (AvgIpc) is 3.24. The zero-order chi connectivity index (χ0) is 13.1. The predicted octanol–water partition coefficient (Wildman–Crippen LogP) is 1.62. The quantitative estimate of drug-likeness (QED) is 0.844. The van der Waals surface area contributed by atoms with E-state index in [9.17, 15) is 5.11 Å². The second-order valence-corrected chi connectivity index (χ2v) is 6.00. The normalized spacial score (nSPS) is 28.5. The van der Waals surface area contributed by atoms with Gasteiger partial charge >= 0.3 is 0 Å². The highest BCUT2D eigenvalue weighted by Crippen LogP contribution is 2.25. The Kier molecular flexibility index (Phi) is 4.16. The zero-order valence-electron chi connectivity index (χ0n) is 11.5. The average molecular weight is 260 g/mol. The Morgan fingerprint density at radius 3 is 2.63 bits per heavy atom. The molecule has 1 aromatic carbocycles. The lowest BCUT2D eigenvalue weighted by Crippen LogP contribution is -2.52. The van der Waals surface area contributed by atoms with E-state index in [1.807, 2.05) is 0 Å². The number of hydrogen-bond donors (Lipinski definition) is 2. The van der Waals surface area contributed by atoms with Crippen LogP contribution in [0.3, 0.4) is 0 Å². The summed E-state index contributed by atoms with van der Waals surface area (Å²) in [5, 5.41) is 13.2. The van der Waals surface area contributed by atoms with Crippen LogP contribution in [0, 0.1) is 5.92 Å². The van der Waals surface area contributed by atoms with E-state index >= 15 is 0 Å². The molecule has 1 saturated heterocycles. The first-order chi connectivity index (χ1) is 9.35. The Labute approximate surface area is 115 Å². The summed E-state index contributed by atoms with van der Waals surface area (Å²) in [5.41, 5.74) is 1.38. The Morgan fingerprint density at radius 1 is 1.16 bits per heavy atom. The summed E-state index contributed by atoms with van der Waals surface area (Å²) in [4.78, 5) is 2.52. The van der Waals surface area contributed by atoms with Gasteiger partial charge in [-0.2, -0.15) is 0 Å². The van der Waals surface area contributed by atoms with Crippen LogP contribution in [0.1, 0.15) is 24.8 Å². The number of benzene rings is 1. The molecule has 2 aliphatic rings. The van der Waals surface area contributed by atoms with Gasteiger partial charge in [-0.15, -0.1) is 0 Å². The molecule has 2 N–H and O–H groups in total. The van der Waals surface area contributed by atoms with E-state index in [1.54, 1.807) is 0 Å². The van der Waals surface area contributed by atoms with Crippen molar-refractivity contribution >= 4 is 0 Å². The van der Waals surface area contributed by atoms with E-state index < -0.39 is 0 Å². The number of aliphatic hydroxyl groups excluding tert-OH is 1. The summed E-state index contributed by atoms with van der Waals surface area (Å²) < 4.78 is 0. The van der Waals surface area contributed by atoms with Gasteiger partial charge in [0.05, 0.1) is 0 Å². The van der Waals surface area contributed by atoms with Crippen LogP contribution in [0.4, 0.5) is 0 Å². The van der Waals surface area contributed by atoms with Crippen LogP contribution in [-0.4, -0.2) is 41.8 Å². The topological polar surface area (TPSA) is 35.5 Å². The third-order valence-corrected chi connectivity index (χ3v) is 4.35. The molecule has 0 radical (unpaired) electrons. The molecule has 0 bridgehead atoms. The molecule has 1 aliphatic carbocycles. The summed E-state index contributed by atoms with van der Waals surface area (Å²) in [5.74, 6) is 0.438. The van der Waals surface area contributed by atoms with Gasteiger partial charge in [-0.05, 0) is 37.3 Å². The molecule has 0 amide bonds. The van der Waals surface area contributed by atoms with Crippen molar-refractivity contribution < 1.29 is 5.11 Å². The van der Waals surface area contributed by atoms with Gasteiger partial charge < -0.3 is 10.4 Å². The number of hydrogen-bond acceptors (Lipinski definition) is 3. The molecule has 0 unspecified atom stereocenters. The minimum Gasteiger partial charge on any atom is -0.396 e. The van der Waals surface area contributed by atoms with Crippen molar-refractivity contribution in [3.05, 3.63) is 35.9 Å². The molecule has 3 nitrogen and oxygen atoms in total. The number of likely N-dealkylation sites (tertiary alicyclic amines) is 1. The first kappa shape index (κ1) is 13.1. The highest BCUT2D eigenvalue weighted by molar-refractivity contribution is 5.14. The van der Waals surface area contributed by atoms with Gasteiger partial charge in [0.25, 0.3) is 0 Å². The van der Waals surface area contributed by atoms with Crippen molar-refractivity contribution in [3.8, 4) is 0 Å². The number of aliphatic hydroxyl groups is 1. The Morgan fingerprint density at radius 2 is 1.95 bits per heavy atom. The highest BCUT2D eigenvalue weighted by atomic mass is 16.3. The lowest BCUT2D eigenvalue weighted by molar-refractivity contribution is 0.0906. The van der Waals surface area contributed by atoms with Crippen LogP contribution < -0.4 is 5.32 Å². The Balaban J connectivity index is 1.58. The molecule has 2 atom stereocenters. The van der Waals surface area contributed by atoms with Crippen molar-refractivity contribution in [2.75, 3.05) is 19.7 Å². The molecular weight excluding hydrogens is 236 g/mol. The molecule has 1 heterocycles. The third-order valence-electron chi connectivity index (χ3n) is 4.35. The van der Waals surface area contributed by atoms with Crippen LogP contribution >= 0.6 is 0 Å². The number of nitrogens with one attached hydrogen (secondary N) is 1. The lowest BCUT2D eigenvalue weighted by Gasteiger charge is -2.38. The van der Waals surface area contributed by atoms with E-state index in [4.69, 9.17) is 0 Å². The third kappa shape index (κ3) is 3.56. The molecular formula is C16H24N2O. The molecule has 0 spiro atoms. The minimum atomic E-state index is 0.323. The fourth-order valence-corrected chi connectivity index (χ4v) is 3.01. The maximum atomic E-state index is 9.51. The minimum absolute atomic E-state index is 0.323. The van der Waals surface area contributed by atoms with Gasteiger partial charge in [0.1, 0.15) is 0 Å². The maximum Gasteiger partial charge on any atom is 0.0475 e. The second kappa shape index (κ2) is 6.04. The van der Waals surface area contributed by atoms with Crippen molar-refractivity contribution in [2.24, 2.45) is 5.92 Å². The van der Waals surface area contributed by atoms with Crippen molar-refractivity contribution in [1.29, 1.82) is 0 Å². The SMILES string of the molecule is OC[C@H]1CCN(Cc2ccccc2)C[C@H]1NC1CC1. The summed E-state index contributed by atoms with van der Waals surface area (Å²) >= 11 is 0. The van der Waals surface area contributed by atoms with Crippen LogP contribution in [0.5, 0.6) is 0 Å². The summed E-state index contributed by atoms with van der Waals surface area (Å²) in [6.45, 7) is 3.52. The van der Waals surface area contributed by atoms with E-state index in [0.29, 0.717) is 18.6 Å². The standard InChI is InChI=1S/C16H24N2O/c19-12-14-8-9-18(10-13-4-2-1-3-5-13)11-16(14)17-15-6-7-15/h1-5,14-17,19H,6-12H2/t14-,16-/m1/s1. The van der Waals surface area contributed by atoms with Gasteiger partial charge in [-0.25, -0.2) is 0 Å². The predicted molar refractivity (Wildman–Crippen MR) is 76.9 cm³/mol. The number of nitrogens with zero attached hydrogens (tertiary/aromatic N) is 1. The summed E-state index contributed by atoms with van der Waals surface area (Å²) in [6.07, 6.45) is 3.73. The van der Waals surface area contributed by atoms with Crippen molar-refractivity contribution in [1.82, 2.24) is 10.2 Å². The molecule has 1 saturated carbocycles. The molecule has 1 aromatic rings. The lowest BCUT2D eigenvalue weighted by atomic mass is 9.92. The molecule has 0 aromatic heterocycles. The van der Waals surface area contributed by atoms with Gasteiger partial charge in [0.2, 0.25) is 0 Å². The van der Waals surface area contributed by atoms with Gasteiger partial charge in [-0.3, -0.25) is 4.90 Å². The highest BCUT2D eigenvalue weighted by Gasteiger charge is 2.33. The monoisotopic (exact) mass is 260 g/mol. The van der Waals surface area contributed by atoms with E-state index in [0.717, 1.165) is 32.1 Å². The van der Waals surface area contributed by atoms with Crippen LogP contribution in [0.15, 0.2) is 30.3 Å². The number of rotatable bonds is 5. The van der Waals surface area contributed by atoms with Crippen LogP contribution in [0.25, 0.3) is 0 Å². The smallest absolute Gasteiger partial charge is 0.0475 e. The zero-order valence-corrected chi connectivity index (χ0v) is 11.5. The van der Waals surface area contributed by atoms with Crippen LogP contribution in [0.2, 0.25) is 0 Å². The Hall–Kier alpha value is -0.900. The fraction of sp³-hybridized carbons (Fsp3) is 0.625. The van der Waals surface area contributed by atoms with E-state index in [-0.39, 0.29) is 0 Å². The van der Waals surface area contributed by atoms with Crippen molar-refractivity contribution in [3.63, 3.8) is 0 Å². The Bertz CT molecular complexity index is 391. The summed E-state index contributed by atoms with van der Waals surface area (Å²) in [6, 6.07) is 11.9. The van der Waals surface area contributed by atoms with Crippen molar-refractivity contribution in [2.45, 2.75) is 37.9 Å². The second-order valence-electron chi connectivity index (χ2n) is 6.00. The fourth-order valence-electron chi connectivity index (χ4n) is 3.01. The van der Waals surface area contributed by atoms with Gasteiger partial charge in [0, 0.05) is 31.8 Å². The molecule has 1 aliphatic heterocycles. The first-order valence-electron chi connectivity index (χ1n) is 7.48. The van der Waals surface area contributed by atoms with E-state index in [2.05, 4.69) is 40.5 Å². The maximum absolute atomic E-state index is 9.51. The number of piperidine rings is 1. The van der Waals surface area contributed by atoms with E-state index in [1.165, 1.54) is 18.4 Å². The molecule has 3 heteroatoms. The van der Waals surface area contributed by atoms with Gasteiger partial charge in [-0.1, -0.05) is 30.3 Å². The van der Waals surface area contributed by atoms with Gasteiger partial charge in [0.15, 0.2) is 0 Å². The molecule has 104 valence electrons. The van der Waals surface area contributed by atoms with Crippen LogP contribution in [-0.2, 0) is 6.54 Å². The first-order valence-corrected chi connectivity index (χ1v) is 7.48. The molecule has 19 heavy (non-hydrogen) atoms. The largest absolute Gasteiger partial charge is 0.396 e.